The summed E-state index contributed by atoms with van der Waals surface area (Å²) in [7, 11) is 0. The van der Waals surface area contributed by atoms with Crippen molar-refractivity contribution in [2.45, 2.75) is 12.5 Å². The molecule has 4 nitrogen and oxygen atoms in total. The summed E-state index contributed by atoms with van der Waals surface area (Å²) >= 11 is 0. The van der Waals surface area contributed by atoms with Crippen LogP contribution in [-0.4, -0.2) is 24.7 Å². The first kappa shape index (κ1) is 6.98. The minimum atomic E-state index is -0.669. The van der Waals surface area contributed by atoms with E-state index in [2.05, 4.69) is 5.32 Å². The lowest BCUT2D eigenvalue weighted by atomic mass is 10.2. The molecular formula is C5H7FN2O2. The molecule has 10 heavy (non-hydrogen) atoms. The van der Waals surface area contributed by atoms with Gasteiger partial charge in [-0.3, -0.25) is 14.5 Å². The van der Waals surface area contributed by atoms with Crippen molar-refractivity contribution in [2.24, 2.45) is 0 Å². The van der Waals surface area contributed by atoms with Gasteiger partial charge in [0.1, 0.15) is 6.04 Å². The fourth-order valence-corrected chi connectivity index (χ4v) is 0.771. The van der Waals surface area contributed by atoms with Gasteiger partial charge in [-0.05, 0) is 0 Å². The van der Waals surface area contributed by atoms with Gasteiger partial charge in [-0.25, -0.2) is 4.79 Å². The van der Waals surface area contributed by atoms with Gasteiger partial charge < -0.3 is 5.32 Å². The highest BCUT2D eigenvalue weighted by molar-refractivity contribution is 6.04. The lowest BCUT2D eigenvalue weighted by Gasteiger charge is -2.00. The fraction of sp³-hybridized carbons (Fsp3) is 0.600. The molecule has 1 aliphatic heterocycles. The molecule has 5 heteroatoms. The Morgan fingerprint density at radius 3 is 2.60 bits per heavy atom. The topological polar surface area (TPSA) is 58.2 Å². The molecule has 2 N–H and O–H groups in total. The quantitative estimate of drug-likeness (QED) is 0.518. The van der Waals surface area contributed by atoms with Crippen molar-refractivity contribution >= 4 is 11.9 Å². The summed E-state index contributed by atoms with van der Waals surface area (Å²) in [6, 6.07) is -1.21. The van der Waals surface area contributed by atoms with Gasteiger partial charge in [-0.1, -0.05) is 0 Å². The van der Waals surface area contributed by atoms with E-state index < -0.39 is 24.7 Å². The Morgan fingerprint density at radius 1 is 1.50 bits per heavy atom. The number of halogens is 1. The van der Waals surface area contributed by atoms with Crippen molar-refractivity contribution in [1.29, 1.82) is 0 Å². The second-order valence-corrected chi connectivity index (χ2v) is 1.99. The summed E-state index contributed by atoms with van der Waals surface area (Å²) < 4.78 is 11.6. The maximum absolute atomic E-state index is 11.6. The zero-order valence-electron chi connectivity index (χ0n) is 5.19. The number of carbonyl (C=O) groups excluding carboxylic acids is 2. The highest BCUT2D eigenvalue weighted by atomic mass is 19.1. The van der Waals surface area contributed by atoms with Crippen molar-refractivity contribution < 1.29 is 14.0 Å². The molecule has 1 heterocycles. The van der Waals surface area contributed by atoms with Gasteiger partial charge >= 0.3 is 6.03 Å². The number of urea groups is 1. The predicted octanol–water partition coefficient (Wildman–Crippen LogP) is -0.446. The van der Waals surface area contributed by atoms with Crippen LogP contribution in [0.25, 0.3) is 0 Å². The molecular weight excluding hydrogens is 139 g/mol. The molecule has 1 saturated heterocycles. The van der Waals surface area contributed by atoms with Crippen molar-refractivity contribution in [3.05, 3.63) is 0 Å². The molecule has 0 aliphatic carbocycles. The van der Waals surface area contributed by atoms with Gasteiger partial charge in [0.05, 0.1) is 6.67 Å². The van der Waals surface area contributed by atoms with Crippen LogP contribution >= 0.6 is 0 Å². The second kappa shape index (κ2) is 2.64. The summed E-state index contributed by atoms with van der Waals surface area (Å²) in [5.41, 5.74) is 0. The summed E-state index contributed by atoms with van der Waals surface area (Å²) in [4.78, 5) is 21.0. The van der Waals surface area contributed by atoms with Crippen LogP contribution in [0.2, 0.25) is 0 Å². The van der Waals surface area contributed by atoms with Crippen LogP contribution in [-0.2, 0) is 4.79 Å². The van der Waals surface area contributed by atoms with E-state index in [1.165, 1.54) is 0 Å². The van der Waals surface area contributed by atoms with E-state index in [0.717, 1.165) is 0 Å². The Labute approximate surface area is 56.8 Å². The van der Waals surface area contributed by atoms with E-state index in [1.807, 2.05) is 5.32 Å². The smallest absolute Gasteiger partial charge is 0.322 e. The normalized spacial score (nSPS) is 24.3. The zero-order valence-corrected chi connectivity index (χ0v) is 5.19. The molecule has 56 valence electrons. The lowest BCUT2D eigenvalue weighted by Crippen LogP contribution is -2.29. The van der Waals surface area contributed by atoms with Crippen LogP contribution in [0.1, 0.15) is 6.42 Å². The van der Waals surface area contributed by atoms with Crippen LogP contribution in [0.3, 0.4) is 0 Å². The van der Waals surface area contributed by atoms with Crippen LogP contribution in [0.15, 0.2) is 0 Å². The number of amides is 3. The zero-order chi connectivity index (χ0) is 7.56. The van der Waals surface area contributed by atoms with Crippen molar-refractivity contribution in [3.63, 3.8) is 0 Å². The van der Waals surface area contributed by atoms with Gasteiger partial charge in [0.15, 0.2) is 0 Å². The Bertz CT molecular complexity index is 171. The first-order valence-corrected chi connectivity index (χ1v) is 2.91. The van der Waals surface area contributed by atoms with Crippen molar-refractivity contribution in [1.82, 2.24) is 10.6 Å². The second-order valence-electron chi connectivity index (χ2n) is 1.99. The average molecular weight is 146 g/mol. The fourth-order valence-electron chi connectivity index (χ4n) is 0.771. The highest BCUT2D eigenvalue weighted by Crippen LogP contribution is 1.97. The molecule has 3 amide bonds. The van der Waals surface area contributed by atoms with Crippen LogP contribution in [0.5, 0.6) is 0 Å². The van der Waals surface area contributed by atoms with Crippen molar-refractivity contribution in [2.75, 3.05) is 6.67 Å². The van der Waals surface area contributed by atoms with Crippen LogP contribution in [0.4, 0.5) is 9.18 Å². The molecule has 0 bridgehead atoms. The number of hydrogen-bond donors (Lipinski definition) is 2. The number of carbonyl (C=O) groups is 2. The van der Waals surface area contributed by atoms with Crippen LogP contribution < -0.4 is 10.6 Å². The number of rotatable bonds is 2. The standard InChI is InChI=1S/C5H7FN2O2/c6-2-1-3-4(9)8-5(10)7-3/h3H,1-2H2,(H2,7,8,9,10). The Balaban J connectivity index is 2.46. The van der Waals surface area contributed by atoms with Gasteiger partial charge in [-0.15, -0.1) is 0 Å². The van der Waals surface area contributed by atoms with E-state index in [1.54, 1.807) is 0 Å². The number of nitrogens with one attached hydrogen (secondary N) is 2. The predicted molar refractivity (Wildman–Crippen MR) is 31.1 cm³/mol. The molecule has 1 rings (SSSR count). The average Bonchev–Trinajstić information content (AvgIpc) is 2.13. The first-order chi connectivity index (χ1) is 4.74. The van der Waals surface area contributed by atoms with Gasteiger partial charge in [-0.2, -0.15) is 0 Å². The summed E-state index contributed by atoms with van der Waals surface area (Å²) in [5, 5.41) is 4.26. The molecule has 0 radical (unpaired) electrons. The summed E-state index contributed by atoms with van der Waals surface area (Å²) in [5.74, 6) is -0.442. The van der Waals surface area contributed by atoms with E-state index in [-0.39, 0.29) is 6.42 Å². The third kappa shape index (κ3) is 1.23. The van der Waals surface area contributed by atoms with E-state index in [9.17, 15) is 14.0 Å². The van der Waals surface area contributed by atoms with Gasteiger partial charge in [0.25, 0.3) is 5.91 Å². The molecule has 0 saturated carbocycles. The molecule has 1 atom stereocenters. The Kier molecular flexibility index (Phi) is 1.84. The molecule has 0 aromatic heterocycles. The highest BCUT2D eigenvalue weighted by Gasteiger charge is 2.28. The monoisotopic (exact) mass is 146 g/mol. The third-order valence-electron chi connectivity index (χ3n) is 1.26. The maximum Gasteiger partial charge on any atom is 0.322 e. The molecule has 1 fully saturated rings. The summed E-state index contributed by atoms with van der Waals surface area (Å²) in [6.07, 6.45) is 0.0531. The molecule has 1 aliphatic rings. The minimum Gasteiger partial charge on any atom is -0.326 e. The van der Waals surface area contributed by atoms with E-state index in [0.29, 0.717) is 0 Å². The number of alkyl halides is 1. The maximum atomic E-state index is 11.6. The van der Waals surface area contributed by atoms with Crippen LogP contribution in [0, 0.1) is 0 Å². The van der Waals surface area contributed by atoms with Gasteiger partial charge in [0, 0.05) is 6.42 Å². The molecule has 0 spiro atoms. The largest absolute Gasteiger partial charge is 0.326 e. The first-order valence-electron chi connectivity index (χ1n) is 2.91. The number of hydrogen-bond acceptors (Lipinski definition) is 2. The Hall–Kier alpha value is -1.13. The molecule has 0 aromatic carbocycles. The number of imide groups is 1. The SMILES string of the molecule is O=C1NC(=O)C(CCF)N1. The van der Waals surface area contributed by atoms with E-state index >= 15 is 0 Å². The molecule has 0 aromatic rings. The minimum absolute atomic E-state index is 0.0531. The third-order valence-corrected chi connectivity index (χ3v) is 1.26. The van der Waals surface area contributed by atoms with Gasteiger partial charge in [0.2, 0.25) is 0 Å². The molecule has 1 unspecified atom stereocenters. The van der Waals surface area contributed by atoms with E-state index in [4.69, 9.17) is 0 Å². The lowest BCUT2D eigenvalue weighted by molar-refractivity contribution is -0.120. The van der Waals surface area contributed by atoms with Crippen molar-refractivity contribution in [3.8, 4) is 0 Å². The Morgan fingerprint density at radius 2 is 2.20 bits per heavy atom. The summed E-state index contributed by atoms with van der Waals surface area (Å²) in [6.45, 7) is -0.599.